The third kappa shape index (κ3) is 4.38. The van der Waals surface area contributed by atoms with Crippen LogP contribution in [0.3, 0.4) is 0 Å². The van der Waals surface area contributed by atoms with Gasteiger partial charge in [-0.3, -0.25) is 9.59 Å². The number of amides is 1. The lowest BCUT2D eigenvalue weighted by molar-refractivity contribution is -0.140. The first-order valence-electron chi connectivity index (χ1n) is 11.9. The normalized spacial score (nSPS) is 20.2. The van der Waals surface area contributed by atoms with Gasteiger partial charge in [0.05, 0.1) is 11.6 Å². The van der Waals surface area contributed by atoms with E-state index in [4.69, 9.17) is 9.47 Å². The number of carbonyl (C=O) groups is 2. The van der Waals surface area contributed by atoms with E-state index in [-0.39, 0.29) is 24.0 Å². The minimum absolute atomic E-state index is 0.0515. The zero-order valence-electron chi connectivity index (χ0n) is 20.0. The largest absolute Gasteiger partial charge is 0.507 e. The lowest BCUT2D eigenvalue weighted by Crippen LogP contribution is -2.29. The third-order valence-corrected chi connectivity index (χ3v) is 6.47. The summed E-state index contributed by atoms with van der Waals surface area (Å²) in [7, 11) is 0. The first-order valence-corrected chi connectivity index (χ1v) is 11.9. The molecule has 0 bridgehead atoms. The number of Topliss-reactive ketones (excluding diaryl/α,β-unsaturated/α-hetero) is 1. The number of likely N-dealkylation sites (tertiary alicyclic amines) is 1. The molecule has 3 aromatic rings. The lowest BCUT2D eigenvalue weighted by Gasteiger charge is -2.25. The molecule has 0 saturated carbocycles. The van der Waals surface area contributed by atoms with Crippen molar-refractivity contribution < 1.29 is 24.2 Å². The highest BCUT2D eigenvalue weighted by Gasteiger charge is 2.46. The second kappa shape index (κ2) is 9.74. The predicted octanol–water partition coefficient (Wildman–Crippen LogP) is 5.20. The van der Waals surface area contributed by atoms with Gasteiger partial charge in [0, 0.05) is 18.5 Å². The summed E-state index contributed by atoms with van der Waals surface area (Å²) in [6.45, 7) is 6.24. The number of benzene rings is 3. The topological polar surface area (TPSA) is 76.1 Å². The van der Waals surface area contributed by atoms with Crippen LogP contribution in [0.5, 0.6) is 11.5 Å². The molecule has 1 saturated heterocycles. The summed E-state index contributed by atoms with van der Waals surface area (Å²) in [4.78, 5) is 28.1. The molecule has 2 aliphatic heterocycles. The molecule has 0 radical (unpaired) electrons. The van der Waals surface area contributed by atoms with Crippen molar-refractivity contribution in [3.63, 3.8) is 0 Å². The van der Waals surface area contributed by atoms with Crippen LogP contribution >= 0.6 is 0 Å². The van der Waals surface area contributed by atoms with Crippen LogP contribution in [0.25, 0.3) is 5.76 Å². The fourth-order valence-electron chi connectivity index (χ4n) is 4.80. The number of carbonyl (C=O) groups excluding carboxylic acids is 2. The van der Waals surface area contributed by atoms with E-state index in [1.807, 2.05) is 55.5 Å². The molecule has 36 heavy (non-hydrogen) atoms. The van der Waals surface area contributed by atoms with Gasteiger partial charge in [-0.05, 0) is 53.9 Å². The van der Waals surface area contributed by atoms with E-state index in [1.54, 1.807) is 30.3 Å². The van der Waals surface area contributed by atoms with Crippen molar-refractivity contribution in [2.24, 2.45) is 0 Å². The maximum absolute atomic E-state index is 13.3. The molecule has 0 aromatic heterocycles. The van der Waals surface area contributed by atoms with Crippen molar-refractivity contribution in [1.82, 2.24) is 4.90 Å². The zero-order valence-corrected chi connectivity index (χ0v) is 20.0. The molecule has 5 rings (SSSR count). The Morgan fingerprint density at radius 2 is 1.86 bits per heavy atom. The monoisotopic (exact) mass is 481 g/mol. The molecule has 0 unspecified atom stereocenters. The van der Waals surface area contributed by atoms with Crippen LogP contribution in [-0.4, -0.2) is 34.4 Å². The number of fused-ring (bicyclic) bond motifs is 1. The van der Waals surface area contributed by atoms with Gasteiger partial charge in [-0.15, -0.1) is 0 Å². The number of aliphatic hydroxyl groups excluding tert-OH is 1. The Labute approximate surface area is 210 Å². The number of hydrogen-bond acceptors (Lipinski definition) is 5. The van der Waals surface area contributed by atoms with E-state index in [0.29, 0.717) is 29.9 Å². The molecule has 3 aromatic carbocycles. The predicted molar refractivity (Wildman–Crippen MR) is 137 cm³/mol. The van der Waals surface area contributed by atoms with E-state index in [0.717, 1.165) is 16.9 Å². The lowest BCUT2D eigenvalue weighted by atomic mass is 9.94. The standard InChI is InChI=1S/C30H27NO5/c1-3-15-35-24-12-9-21(10-13-24)27-26(28(32)22-11-14-25-23(17-22)16-19(2)36-25)29(33)30(34)31(27)18-20-7-5-4-6-8-20/h3-14,17,19,27,32H,1,15-16,18H2,2H3/t19-,27-/m0/s1. The van der Waals surface area contributed by atoms with Gasteiger partial charge >= 0.3 is 0 Å². The van der Waals surface area contributed by atoms with Gasteiger partial charge in [-0.2, -0.15) is 0 Å². The fraction of sp³-hybridized carbons (Fsp3) is 0.200. The summed E-state index contributed by atoms with van der Waals surface area (Å²) < 4.78 is 11.4. The molecule has 0 spiro atoms. The Morgan fingerprint density at radius 1 is 1.11 bits per heavy atom. The molecule has 2 aliphatic rings. The number of ketones is 1. The Bertz CT molecular complexity index is 1340. The summed E-state index contributed by atoms with van der Waals surface area (Å²) in [5.41, 5.74) is 3.11. The minimum Gasteiger partial charge on any atom is -0.507 e. The molecule has 6 heteroatoms. The molecule has 1 amide bonds. The summed E-state index contributed by atoms with van der Waals surface area (Å²) in [6, 6.07) is 21.3. The highest BCUT2D eigenvalue weighted by Crippen LogP contribution is 2.41. The van der Waals surface area contributed by atoms with Crippen LogP contribution in [0.1, 0.15) is 35.2 Å². The van der Waals surface area contributed by atoms with Gasteiger partial charge in [-0.25, -0.2) is 0 Å². The molecule has 182 valence electrons. The van der Waals surface area contributed by atoms with E-state index in [1.165, 1.54) is 4.90 Å². The molecule has 0 aliphatic carbocycles. The number of nitrogens with zero attached hydrogens (tertiary/aromatic N) is 1. The Morgan fingerprint density at radius 3 is 2.58 bits per heavy atom. The van der Waals surface area contributed by atoms with Crippen molar-refractivity contribution in [3.05, 3.63) is 113 Å². The van der Waals surface area contributed by atoms with Gasteiger partial charge in [0.25, 0.3) is 11.7 Å². The maximum Gasteiger partial charge on any atom is 0.295 e. The van der Waals surface area contributed by atoms with Crippen LogP contribution in [-0.2, 0) is 22.6 Å². The number of ether oxygens (including phenoxy) is 2. The second-order valence-corrected chi connectivity index (χ2v) is 9.04. The average Bonchev–Trinajstić information content (AvgIpc) is 3.39. The molecule has 1 fully saturated rings. The van der Waals surface area contributed by atoms with Crippen molar-refractivity contribution in [3.8, 4) is 11.5 Å². The Balaban J connectivity index is 1.59. The minimum atomic E-state index is -0.748. The van der Waals surface area contributed by atoms with Crippen molar-refractivity contribution >= 4 is 17.4 Å². The number of rotatable bonds is 7. The highest BCUT2D eigenvalue weighted by molar-refractivity contribution is 6.46. The summed E-state index contributed by atoms with van der Waals surface area (Å²) in [6.07, 6.45) is 2.43. The molecule has 2 heterocycles. The maximum atomic E-state index is 13.3. The number of hydrogen-bond donors (Lipinski definition) is 1. The molecular formula is C30H27NO5. The van der Waals surface area contributed by atoms with Crippen molar-refractivity contribution in [2.45, 2.75) is 32.0 Å². The summed E-state index contributed by atoms with van der Waals surface area (Å²) >= 11 is 0. The first-order chi connectivity index (χ1) is 17.5. The van der Waals surface area contributed by atoms with Crippen molar-refractivity contribution in [2.75, 3.05) is 6.61 Å². The molecule has 6 nitrogen and oxygen atoms in total. The SMILES string of the molecule is C=CCOc1ccc([C@H]2C(=C(O)c3ccc4c(c3)C[C@H](C)O4)C(=O)C(=O)N2Cc2ccccc2)cc1. The highest BCUT2D eigenvalue weighted by atomic mass is 16.5. The van der Waals surface area contributed by atoms with Crippen LogP contribution in [0.2, 0.25) is 0 Å². The van der Waals surface area contributed by atoms with Crippen LogP contribution < -0.4 is 9.47 Å². The van der Waals surface area contributed by atoms with E-state index >= 15 is 0 Å². The van der Waals surface area contributed by atoms with Crippen LogP contribution in [0, 0.1) is 0 Å². The van der Waals surface area contributed by atoms with Gasteiger partial charge in [-0.1, -0.05) is 55.1 Å². The molecular weight excluding hydrogens is 454 g/mol. The summed E-state index contributed by atoms with van der Waals surface area (Å²) in [5.74, 6) is -0.120. The second-order valence-electron chi connectivity index (χ2n) is 9.04. The van der Waals surface area contributed by atoms with Gasteiger partial charge in [0.2, 0.25) is 0 Å². The molecule has 2 atom stereocenters. The van der Waals surface area contributed by atoms with Crippen molar-refractivity contribution in [1.29, 1.82) is 0 Å². The fourth-order valence-corrected chi connectivity index (χ4v) is 4.80. The first kappa shape index (κ1) is 23.4. The van der Waals surface area contributed by atoms with Gasteiger partial charge < -0.3 is 19.5 Å². The average molecular weight is 482 g/mol. The Kier molecular flexibility index (Phi) is 6.34. The van der Waals surface area contributed by atoms with Gasteiger partial charge in [0.15, 0.2) is 0 Å². The van der Waals surface area contributed by atoms with Crippen LogP contribution in [0.4, 0.5) is 0 Å². The smallest absolute Gasteiger partial charge is 0.295 e. The van der Waals surface area contributed by atoms with Gasteiger partial charge in [0.1, 0.15) is 30.0 Å². The third-order valence-electron chi connectivity index (χ3n) is 6.47. The zero-order chi connectivity index (χ0) is 25.2. The summed E-state index contributed by atoms with van der Waals surface area (Å²) in [5, 5.41) is 11.4. The Hall–Kier alpha value is -4.32. The van der Waals surface area contributed by atoms with E-state index in [9.17, 15) is 14.7 Å². The quantitative estimate of drug-likeness (QED) is 0.217. The molecule has 1 N–H and O–H groups in total. The van der Waals surface area contributed by atoms with E-state index in [2.05, 4.69) is 6.58 Å². The van der Waals surface area contributed by atoms with Crippen LogP contribution in [0.15, 0.2) is 91.0 Å². The van der Waals surface area contributed by atoms with E-state index < -0.39 is 17.7 Å². The number of aliphatic hydroxyl groups is 1.